The molecule has 2 spiro atoms. The first-order valence-corrected chi connectivity index (χ1v) is 11.9. The zero-order valence-corrected chi connectivity index (χ0v) is 18.2. The lowest BCUT2D eigenvalue weighted by Crippen LogP contribution is -2.53. The van der Waals surface area contributed by atoms with E-state index in [0.29, 0.717) is 10.8 Å². The van der Waals surface area contributed by atoms with Gasteiger partial charge in [0, 0.05) is 31.2 Å². The van der Waals surface area contributed by atoms with Crippen LogP contribution in [-0.4, -0.2) is 73.7 Å². The predicted molar refractivity (Wildman–Crippen MR) is 114 cm³/mol. The molecule has 27 heavy (non-hydrogen) atoms. The standard InChI is InChI=1S/C23H44N4/c1-19(2)26-12-7-22(8-13-26)5-4-21(25-18-22)16-20(3)27-14-9-23(10-15-27)6-11-24-17-23/h19-21,24-25H,4-18H2,1-3H3. The molecule has 2 unspecified atom stereocenters. The summed E-state index contributed by atoms with van der Waals surface area (Å²) in [5.74, 6) is 0. The Morgan fingerprint density at radius 1 is 0.815 bits per heavy atom. The minimum Gasteiger partial charge on any atom is -0.316 e. The minimum absolute atomic E-state index is 0.609. The molecule has 4 saturated heterocycles. The smallest absolute Gasteiger partial charge is 0.00822 e. The number of hydrogen-bond donors (Lipinski definition) is 2. The number of nitrogens with one attached hydrogen (secondary N) is 2. The highest BCUT2D eigenvalue weighted by Crippen LogP contribution is 2.40. The molecule has 4 heteroatoms. The van der Waals surface area contributed by atoms with E-state index in [0.717, 1.165) is 18.1 Å². The van der Waals surface area contributed by atoms with Crippen molar-refractivity contribution < 1.29 is 0 Å². The minimum atomic E-state index is 0.609. The molecule has 0 saturated carbocycles. The van der Waals surface area contributed by atoms with Crippen LogP contribution in [0.2, 0.25) is 0 Å². The summed E-state index contributed by atoms with van der Waals surface area (Å²) in [5.41, 5.74) is 1.26. The third kappa shape index (κ3) is 4.55. The third-order valence-corrected chi connectivity index (χ3v) is 8.82. The second-order valence-corrected chi connectivity index (χ2v) is 10.8. The van der Waals surface area contributed by atoms with Gasteiger partial charge in [0.15, 0.2) is 0 Å². The van der Waals surface area contributed by atoms with Crippen LogP contribution in [0.3, 0.4) is 0 Å². The van der Waals surface area contributed by atoms with E-state index in [-0.39, 0.29) is 0 Å². The summed E-state index contributed by atoms with van der Waals surface area (Å²) < 4.78 is 0. The van der Waals surface area contributed by atoms with Gasteiger partial charge in [0.2, 0.25) is 0 Å². The molecule has 4 aliphatic rings. The molecule has 2 atom stereocenters. The average molecular weight is 377 g/mol. The van der Waals surface area contributed by atoms with Crippen LogP contribution in [0.4, 0.5) is 0 Å². The fourth-order valence-corrected chi connectivity index (χ4v) is 6.40. The Labute approximate surface area is 167 Å². The number of piperidine rings is 3. The van der Waals surface area contributed by atoms with Gasteiger partial charge >= 0.3 is 0 Å². The first-order valence-electron chi connectivity index (χ1n) is 11.9. The Hall–Kier alpha value is -0.160. The molecule has 4 aliphatic heterocycles. The Bertz CT molecular complexity index is 457. The molecule has 0 aromatic carbocycles. The van der Waals surface area contributed by atoms with Gasteiger partial charge in [0.05, 0.1) is 0 Å². The summed E-state index contributed by atoms with van der Waals surface area (Å²) in [4.78, 5) is 5.46. The van der Waals surface area contributed by atoms with Crippen molar-refractivity contribution in [1.29, 1.82) is 0 Å². The maximum Gasteiger partial charge on any atom is 0.00822 e. The maximum atomic E-state index is 3.99. The Balaban J connectivity index is 1.19. The molecular formula is C23H44N4. The van der Waals surface area contributed by atoms with Crippen molar-refractivity contribution in [2.75, 3.05) is 45.8 Å². The van der Waals surface area contributed by atoms with Crippen molar-refractivity contribution >= 4 is 0 Å². The lowest BCUT2D eigenvalue weighted by molar-refractivity contribution is 0.0431. The molecule has 0 aliphatic carbocycles. The fraction of sp³-hybridized carbons (Fsp3) is 1.00. The van der Waals surface area contributed by atoms with Crippen molar-refractivity contribution in [3.63, 3.8) is 0 Å². The van der Waals surface area contributed by atoms with Gasteiger partial charge in [0.25, 0.3) is 0 Å². The molecule has 4 rings (SSSR count). The second-order valence-electron chi connectivity index (χ2n) is 10.8. The second kappa shape index (κ2) is 8.30. The molecule has 0 aromatic rings. The normalized spacial score (nSPS) is 33.1. The van der Waals surface area contributed by atoms with E-state index in [1.807, 2.05) is 0 Å². The Morgan fingerprint density at radius 3 is 1.96 bits per heavy atom. The number of nitrogens with zero attached hydrogens (tertiary/aromatic N) is 2. The highest BCUT2D eigenvalue weighted by atomic mass is 15.2. The van der Waals surface area contributed by atoms with Gasteiger partial charge in [-0.15, -0.1) is 0 Å². The van der Waals surface area contributed by atoms with Crippen LogP contribution in [-0.2, 0) is 0 Å². The predicted octanol–water partition coefficient (Wildman–Crippen LogP) is 3.08. The van der Waals surface area contributed by atoms with E-state index in [2.05, 4.69) is 41.2 Å². The highest BCUT2D eigenvalue weighted by molar-refractivity contribution is 4.96. The van der Waals surface area contributed by atoms with Crippen molar-refractivity contribution in [3.8, 4) is 0 Å². The van der Waals surface area contributed by atoms with Crippen LogP contribution < -0.4 is 10.6 Å². The van der Waals surface area contributed by atoms with Gasteiger partial charge in [-0.3, -0.25) is 0 Å². The Kier molecular flexibility index (Phi) is 6.18. The van der Waals surface area contributed by atoms with E-state index in [4.69, 9.17) is 0 Å². The zero-order valence-electron chi connectivity index (χ0n) is 18.2. The van der Waals surface area contributed by atoms with Gasteiger partial charge in [-0.1, -0.05) is 0 Å². The molecule has 2 N–H and O–H groups in total. The largest absolute Gasteiger partial charge is 0.316 e. The summed E-state index contributed by atoms with van der Waals surface area (Å²) in [6, 6.07) is 2.21. The third-order valence-electron chi connectivity index (χ3n) is 8.82. The van der Waals surface area contributed by atoms with Crippen molar-refractivity contribution in [2.24, 2.45) is 10.8 Å². The van der Waals surface area contributed by atoms with Crippen LogP contribution in [0, 0.1) is 10.8 Å². The van der Waals surface area contributed by atoms with E-state index < -0.39 is 0 Å². The lowest BCUT2D eigenvalue weighted by Gasteiger charge is -2.48. The van der Waals surface area contributed by atoms with E-state index >= 15 is 0 Å². The van der Waals surface area contributed by atoms with Crippen LogP contribution in [0.1, 0.15) is 72.1 Å². The summed E-state index contributed by atoms with van der Waals surface area (Å²) in [7, 11) is 0. The highest BCUT2D eigenvalue weighted by Gasteiger charge is 2.40. The molecule has 4 fully saturated rings. The molecule has 4 nitrogen and oxygen atoms in total. The topological polar surface area (TPSA) is 30.5 Å². The summed E-state index contributed by atoms with van der Waals surface area (Å²) in [5, 5.41) is 7.59. The molecule has 0 aromatic heterocycles. The molecule has 4 heterocycles. The Morgan fingerprint density at radius 2 is 1.44 bits per heavy atom. The summed E-state index contributed by atoms with van der Waals surface area (Å²) in [6.45, 7) is 16.2. The van der Waals surface area contributed by atoms with Gasteiger partial charge in [-0.2, -0.15) is 0 Å². The quantitative estimate of drug-likeness (QED) is 0.789. The molecule has 0 bridgehead atoms. The van der Waals surface area contributed by atoms with Crippen LogP contribution in [0.15, 0.2) is 0 Å². The van der Waals surface area contributed by atoms with Crippen LogP contribution in [0.25, 0.3) is 0 Å². The SMILES string of the molecule is CC(C)N1CCC2(CCC(CC(C)N3CCC4(CCNC4)CC3)NC2)CC1. The van der Waals surface area contributed by atoms with E-state index in [9.17, 15) is 0 Å². The fourth-order valence-electron chi connectivity index (χ4n) is 6.40. The number of rotatable bonds is 4. The van der Waals surface area contributed by atoms with Gasteiger partial charge in [-0.25, -0.2) is 0 Å². The summed E-state index contributed by atoms with van der Waals surface area (Å²) in [6.07, 6.45) is 11.3. The van der Waals surface area contributed by atoms with Gasteiger partial charge < -0.3 is 20.4 Å². The first-order chi connectivity index (χ1) is 13.0. The molecule has 0 radical (unpaired) electrons. The van der Waals surface area contributed by atoms with Crippen molar-refractivity contribution in [3.05, 3.63) is 0 Å². The van der Waals surface area contributed by atoms with Crippen LogP contribution in [0.5, 0.6) is 0 Å². The summed E-state index contributed by atoms with van der Waals surface area (Å²) >= 11 is 0. The number of likely N-dealkylation sites (tertiary alicyclic amines) is 2. The monoisotopic (exact) mass is 376 g/mol. The lowest BCUT2D eigenvalue weighted by atomic mass is 9.71. The molecular weight excluding hydrogens is 332 g/mol. The average Bonchev–Trinajstić information content (AvgIpc) is 3.13. The van der Waals surface area contributed by atoms with E-state index in [1.54, 1.807) is 0 Å². The first kappa shape index (κ1) is 20.1. The van der Waals surface area contributed by atoms with Gasteiger partial charge in [0.1, 0.15) is 0 Å². The number of hydrogen-bond acceptors (Lipinski definition) is 4. The van der Waals surface area contributed by atoms with Crippen molar-refractivity contribution in [1.82, 2.24) is 20.4 Å². The van der Waals surface area contributed by atoms with Crippen LogP contribution >= 0.6 is 0 Å². The zero-order chi connectivity index (χ0) is 18.9. The maximum absolute atomic E-state index is 3.99. The van der Waals surface area contributed by atoms with E-state index in [1.165, 1.54) is 97.2 Å². The van der Waals surface area contributed by atoms with Gasteiger partial charge in [-0.05, 0) is 116 Å². The molecule has 0 amide bonds. The van der Waals surface area contributed by atoms with Crippen molar-refractivity contribution in [2.45, 2.75) is 90.3 Å². The molecule has 156 valence electrons.